The molecule has 0 radical (unpaired) electrons. The van der Waals surface area contributed by atoms with E-state index in [1.807, 2.05) is 25.3 Å². The minimum atomic E-state index is -0.0993. The minimum absolute atomic E-state index is 0.0993. The molecule has 136 valence electrons. The van der Waals surface area contributed by atoms with Crippen LogP contribution in [0.4, 0.5) is 5.82 Å². The van der Waals surface area contributed by atoms with Crippen LogP contribution in [0.1, 0.15) is 38.1 Å². The Kier molecular flexibility index (Phi) is 4.19. The molecule has 3 aromatic rings. The maximum Gasteiger partial charge on any atom is 0.153 e. The Labute approximate surface area is 154 Å². The Morgan fingerprint density at radius 2 is 1.88 bits per heavy atom. The van der Waals surface area contributed by atoms with Gasteiger partial charge in [-0.15, -0.1) is 0 Å². The molecule has 0 amide bonds. The summed E-state index contributed by atoms with van der Waals surface area (Å²) in [6.45, 7) is 8.45. The molecule has 1 aromatic carbocycles. The van der Waals surface area contributed by atoms with Gasteiger partial charge in [-0.25, -0.2) is 9.97 Å². The lowest BCUT2D eigenvalue weighted by molar-refractivity contribution is 0.268. The molecule has 0 saturated carbocycles. The fourth-order valence-corrected chi connectivity index (χ4v) is 3.75. The summed E-state index contributed by atoms with van der Waals surface area (Å²) < 4.78 is 0. The lowest BCUT2D eigenvalue weighted by Crippen LogP contribution is -2.38. The fraction of sp³-hybridized carbons (Fsp3) is 0.429. The van der Waals surface area contributed by atoms with E-state index < -0.39 is 0 Å². The van der Waals surface area contributed by atoms with Crippen molar-refractivity contribution >= 4 is 16.7 Å². The minimum Gasteiger partial charge on any atom is -0.390 e. The molecule has 4 rings (SSSR count). The molecule has 3 heterocycles. The Hall–Kier alpha value is -2.40. The maximum absolute atomic E-state index is 9.94. The number of nitrogens with zero attached hydrogens (tertiary/aromatic N) is 3. The van der Waals surface area contributed by atoms with E-state index in [0.717, 1.165) is 59.6 Å². The van der Waals surface area contributed by atoms with E-state index in [1.165, 1.54) is 0 Å². The van der Waals surface area contributed by atoms with Crippen LogP contribution in [0.2, 0.25) is 0 Å². The molecule has 5 heteroatoms. The summed E-state index contributed by atoms with van der Waals surface area (Å²) in [5, 5.41) is 11.1. The Bertz CT molecular complexity index is 934. The topological polar surface area (TPSA) is 65.0 Å². The van der Waals surface area contributed by atoms with Gasteiger partial charge in [0.1, 0.15) is 5.69 Å². The first-order valence-corrected chi connectivity index (χ1v) is 9.28. The Morgan fingerprint density at radius 1 is 1.15 bits per heavy atom. The predicted molar refractivity (Wildman–Crippen MR) is 105 cm³/mol. The van der Waals surface area contributed by atoms with Crippen LogP contribution in [0.5, 0.6) is 0 Å². The molecule has 0 spiro atoms. The van der Waals surface area contributed by atoms with Crippen molar-refractivity contribution in [3.05, 3.63) is 41.9 Å². The number of fused-ring (bicyclic) bond motifs is 1. The van der Waals surface area contributed by atoms with E-state index in [1.54, 1.807) is 0 Å². The highest BCUT2D eigenvalue weighted by Crippen LogP contribution is 2.35. The van der Waals surface area contributed by atoms with E-state index in [2.05, 4.69) is 35.9 Å². The summed E-state index contributed by atoms with van der Waals surface area (Å²) in [5.41, 5.74) is 4.89. The van der Waals surface area contributed by atoms with Gasteiger partial charge in [0.25, 0.3) is 0 Å². The molecule has 0 bridgehead atoms. The van der Waals surface area contributed by atoms with Crippen LogP contribution in [-0.4, -0.2) is 33.1 Å². The molecule has 1 aliphatic rings. The number of anilines is 1. The number of benzene rings is 1. The fourth-order valence-electron chi connectivity index (χ4n) is 3.75. The number of aliphatic hydroxyl groups is 1. The Balaban J connectivity index is 1.75. The molecule has 0 atom stereocenters. The smallest absolute Gasteiger partial charge is 0.153 e. The average molecular weight is 350 g/mol. The SMILES string of the molecule is Cc1nc(N2CCC(C)(C)CC2)c(CO)nc1-c1c[nH]c2ccccc12. The average Bonchev–Trinajstić information content (AvgIpc) is 3.05. The summed E-state index contributed by atoms with van der Waals surface area (Å²) in [6.07, 6.45) is 4.23. The third-order valence-electron chi connectivity index (χ3n) is 5.53. The predicted octanol–water partition coefficient (Wildman–Crippen LogP) is 4.05. The summed E-state index contributed by atoms with van der Waals surface area (Å²) in [5.74, 6) is 0.837. The van der Waals surface area contributed by atoms with Gasteiger partial charge in [0.05, 0.1) is 18.0 Å². The number of H-pyrrole nitrogens is 1. The van der Waals surface area contributed by atoms with Crippen LogP contribution in [-0.2, 0) is 6.61 Å². The van der Waals surface area contributed by atoms with Crippen LogP contribution in [0.3, 0.4) is 0 Å². The number of aliphatic hydroxyl groups excluding tert-OH is 1. The normalized spacial score (nSPS) is 17.0. The van der Waals surface area contributed by atoms with Crippen molar-refractivity contribution in [2.75, 3.05) is 18.0 Å². The maximum atomic E-state index is 9.94. The zero-order valence-corrected chi connectivity index (χ0v) is 15.7. The number of hydrogen-bond acceptors (Lipinski definition) is 4. The second-order valence-corrected chi connectivity index (χ2v) is 7.99. The van der Waals surface area contributed by atoms with Gasteiger partial charge in [-0.05, 0) is 31.2 Å². The molecule has 1 saturated heterocycles. The lowest BCUT2D eigenvalue weighted by Gasteiger charge is -2.38. The van der Waals surface area contributed by atoms with Crippen molar-refractivity contribution < 1.29 is 5.11 Å². The van der Waals surface area contributed by atoms with Gasteiger partial charge in [-0.3, -0.25) is 0 Å². The van der Waals surface area contributed by atoms with Crippen molar-refractivity contribution in [3.63, 3.8) is 0 Å². The Morgan fingerprint density at radius 3 is 2.62 bits per heavy atom. The number of aromatic nitrogens is 3. The molecule has 2 aromatic heterocycles. The monoisotopic (exact) mass is 350 g/mol. The number of aromatic amines is 1. The first-order chi connectivity index (χ1) is 12.5. The highest BCUT2D eigenvalue weighted by atomic mass is 16.3. The van der Waals surface area contributed by atoms with Crippen LogP contribution in [0, 0.1) is 12.3 Å². The van der Waals surface area contributed by atoms with Gasteiger partial charge >= 0.3 is 0 Å². The van der Waals surface area contributed by atoms with Gasteiger partial charge in [-0.1, -0.05) is 32.0 Å². The van der Waals surface area contributed by atoms with Crippen molar-refractivity contribution in [2.24, 2.45) is 5.41 Å². The van der Waals surface area contributed by atoms with Gasteiger partial charge in [0.15, 0.2) is 5.82 Å². The zero-order chi connectivity index (χ0) is 18.3. The molecular weight excluding hydrogens is 324 g/mol. The van der Waals surface area contributed by atoms with E-state index >= 15 is 0 Å². The van der Waals surface area contributed by atoms with Crippen molar-refractivity contribution in [2.45, 2.75) is 40.2 Å². The molecule has 2 N–H and O–H groups in total. The molecule has 26 heavy (non-hydrogen) atoms. The molecule has 1 aliphatic heterocycles. The van der Waals surface area contributed by atoms with Crippen LogP contribution < -0.4 is 4.90 Å². The van der Waals surface area contributed by atoms with Gasteiger partial charge in [0, 0.05) is 35.8 Å². The molecule has 5 nitrogen and oxygen atoms in total. The molecule has 0 unspecified atom stereocenters. The quantitative estimate of drug-likeness (QED) is 0.748. The third kappa shape index (κ3) is 2.97. The van der Waals surface area contributed by atoms with Crippen molar-refractivity contribution in [1.29, 1.82) is 0 Å². The summed E-state index contributed by atoms with van der Waals surface area (Å²) in [6, 6.07) is 8.18. The number of aryl methyl sites for hydroxylation is 1. The first-order valence-electron chi connectivity index (χ1n) is 9.28. The standard InChI is InChI=1S/C21H26N4O/c1-14-19(16-12-22-17-7-5-4-6-15(16)17)24-18(13-26)20(23-14)25-10-8-21(2,3)9-11-25/h4-7,12,22,26H,8-11,13H2,1-3H3. The van der Waals surface area contributed by atoms with Crippen molar-refractivity contribution in [1.82, 2.24) is 15.0 Å². The zero-order valence-electron chi connectivity index (χ0n) is 15.7. The first kappa shape index (κ1) is 17.0. The molecular formula is C21H26N4O. The lowest BCUT2D eigenvalue weighted by atomic mass is 9.82. The van der Waals surface area contributed by atoms with Crippen LogP contribution in [0.25, 0.3) is 22.2 Å². The van der Waals surface area contributed by atoms with Gasteiger partial charge in [-0.2, -0.15) is 0 Å². The number of nitrogens with one attached hydrogen (secondary N) is 1. The van der Waals surface area contributed by atoms with Crippen LogP contribution >= 0.6 is 0 Å². The summed E-state index contributed by atoms with van der Waals surface area (Å²) in [4.78, 5) is 15.3. The van der Waals surface area contributed by atoms with Gasteiger partial charge < -0.3 is 15.0 Å². The van der Waals surface area contributed by atoms with Gasteiger partial charge in [0.2, 0.25) is 0 Å². The number of rotatable bonds is 3. The van der Waals surface area contributed by atoms with Crippen LogP contribution in [0.15, 0.2) is 30.5 Å². The summed E-state index contributed by atoms with van der Waals surface area (Å²) >= 11 is 0. The van der Waals surface area contributed by atoms with Crippen molar-refractivity contribution in [3.8, 4) is 11.3 Å². The second-order valence-electron chi connectivity index (χ2n) is 7.99. The number of piperidine rings is 1. The number of hydrogen-bond donors (Lipinski definition) is 2. The third-order valence-corrected chi connectivity index (χ3v) is 5.53. The van der Waals surface area contributed by atoms with E-state index in [4.69, 9.17) is 9.97 Å². The van der Waals surface area contributed by atoms with E-state index in [-0.39, 0.29) is 6.61 Å². The highest BCUT2D eigenvalue weighted by molar-refractivity contribution is 5.95. The highest BCUT2D eigenvalue weighted by Gasteiger charge is 2.28. The van der Waals surface area contributed by atoms with E-state index in [0.29, 0.717) is 11.1 Å². The molecule has 1 fully saturated rings. The second kappa shape index (κ2) is 6.40. The number of para-hydroxylation sites is 1. The van der Waals surface area contributed by atoms with E-state index in [9.17, 15) is 5.11 Å². The summed E-state index contributed by atoms with van der Waals surface area (Å²) in [7, 11) is 0. The largest absolute Gasteiger partial charge is 0.390 e. The molecule has 0 aliphatic carbocycles.